The molecule has 8 heteroatoms. The monoisotopic (exact) mass is 359 g/mol. The lowest BCUT2D eigenvalue weighted by molar-refractivity contribution is 0.0848. The number of fused-ring (bicyclic) bond motifs is 1. The van der Waals surface area contributed by atoms with Crippen molar-refractivity contribution in [2.75, 3.05) is 40.3 Å². The molecule has 0 radical (unpaired) electrons. The summed E-state index contributed by atoms with van der Waals surface area (Å²) < 4.78 is 7.17. The Morgan fingerprint density at radius 1 is 1.31 bits per heavy atom. The summed E-state index contributed by atoms with van der Waals surface area (Å²) in [6, 6.07) is 5.41. The molecule has 1 saturated heterocycles. The molecule has 140 valence electrons. The Kier molecular flexibility index (Phi) is 5.85. The average Bonchev–Trinajstić information content (AvgIpc) is 3.27. The van der Waals surface area contributed by atoms with Gasteiger partial charge in [-0.05, 0) is 39.1 Å². The topological polar surface area (TPSA) is 88.0 Å². The Morgan fingerprint density at radius 2 is 2.15 bits per heavy atom. The third-order valence-electron chi connectivity index (χ3n) is 4.33. The fourth-order valence-corrected chi connectivity index (χ4v) is 2.93. The van der Waals surface area contributed by atoms with Crippen LogP contribution in [0.1, 0.15) is 33.9 Å². The maximum absolute atomic E-state index is 12.6. The molecule has 2 aromatic rings. The van der Waals surface area contributed by atoms with E-state index in [0.29, 0.717) is 18.6 Å². The molecule has 2 aromatic heterocycles. The Balaban J connectivity index is 1.75. The van der Waals surface area contributed by atoms with Crippen LogP contribution in [-0.4, -0.2) is 72.5 Å². The number of rotatable bonds is 7. The van der Waals surface area contributed by atoms with Gasteiger partial charge in [-0.1, -0.05) is 6.07 Å². The second-order valence-electron chi connectivity index (χ2n) is 6.64. The van der Waals surface area contributed by atoms with Crippen molar-refractivity contribution >= 4 is 17.3 Å². The molecule has 3 rings (SSSR count). The second kappa shape index (κ2) is 8.29. The number of likely N-dealkylation sites (N-methyl/N-ethyl adjacent to an activating group) is 1. The zero-order valence-corrected chi connectivity index (χ0v) is 15.2. The van der Waals surface area contributed by atoms with Crippen LogP contribution in [0.15, 0.2) is 24.4 Å². The largest absolute Gasteiger partial charge is 0.376 e. The number of carbonyl (C=O) groups excluding carboxylic acids is 2. The standard InChI is InChI=1S/C18H25N5O3/c1-22(2)10-8-19-17(24)15-14-7-3-4-9-23(14)16(21-15)18(25)20-12-13-6-5-11-26-13/h3-4,7,9,13H,5-6,8,10-12H2,1-2H3,(H,19,24)(H,20,25). The maximum atomic E-state index is 12.6. The summed E-state index contributed by atoms with van der Waals surface area (Å²) in [5.74, 6) is -0.390. The highest BCUT2D eigenvalue weighted by atomic mass is 16.5. The summed E-state index contributed by atoms with van der Waals surface area (Å²) in [7, 11) is 3.88. The number of ether oxygens (including phenoxy) is 1. The zero-order valence-electron chi connectivity index (χ0n) is 15.2. The van der Waals surface area contributed by atoms with E-state index in [1.165, 1.54) is 0 Å². The Hall–Kier alpha value is -2.45. The molecule has 1 aliphatic rings. The van der Waals surface area contributed by atoms with E-state index in [4.69, 9.17) is 4.74 Å². The number of hydrogen-bond donors (Lipinski definition) is 2. The van der Waals surface area contributed by atoms with Crippen molar-refractivity contribution in [1.82, 2.24) is 24.9 Å². The SMILES string of the molecule is CN(C)CCNC(=O)c1nc(C(=O)NCC2CCCO2)n2ccccc12. The Labute approximate surface area is 152 Å². The predicted octanol–water partition coefficient (Wildman–Crippen LogP) is 0.535. The minimum absolute atomic E-state index is 0.0546. The summed E-state index contributed by atoms with van der Waals surface area (Å²) in [4.78, 5) is 31.4. The van der Waals surface area contributed by atoms with Crippen LogP contribution in [0.25, 0.3) is 5.52 Å². The quantitative estimate of drug-likeness (QED) is 0.753. The van der Waals surface area contributed by atoms with Gasteiger partial charge >= 0.3 is 0 Å². The van der Waals surface area contributed by atoms with E-state index in [-0.39, 0.29) is 29.4 Å². The van der Waals surface area contributed by atoms with Gasteiger partial charge in [0.2, 0.25) is 5.82 Å². The van der Waals surface area contributed by atoms with E-state index in [1.807, 2.05) is 25.1 Å². The van der Waals surface area contributed by atoms with Gasteiger partial charge in [0.05, 0.1) is 11.6 Å². The molecule has 1 aliphatic heterocycles. The second-order valence-corrected chi connectivity index (χ2v) is 6.64. The minimum atomic E-state index is -0.311. The first kappa shape index (κ1) is 18.3. The van der Waals surface area contributed by atoms with Crippen molar-refractivity contribution < 1.29 is 14.3 Å². The van der Waals surface area contributed by atoms with E-state index in [1.54, 1.807) is 22.7 Å². The molecule has 0 spiro atoms. The lowest BCUT2D eigenvalue weighted by Gasteiger charge is -2.10. The van der Waals surface area contributed by atoms with Crippen molar-refractivity contribution in [3.63, 3.8) is 0 Å². The van der Waals surface area contributed by atoms with E-state index in [0.717, 1.165) is 26.0 Å². The van der Waals surface area contributed by atoms with E-state index in [2.05, 4.69) is 15.6 Å². The summed E-state index contributed by atoms with van der Waals surface area (Å²) in [5, 5.41) is 5.70. The normalized spacial score (nSPS) is 17.0. The number of pyridine rings is 1. The smallest absolute Gasteiger partial charge is 0.287 e. The van der Waals surface area contributed by atoms with Crippen molar-refractivity contribution in [3.8, 4) is 0 Å². The first-order valence-electron chi connectivity index (χ1n) is 8.86. The molecule has 26 heavy (non-hydrogen) atoms. The van der Waals surface area contributed by atoms with Crippen LogP contribution in [0.4, 0.5) is 0 Å². The summed E-state index contributed by atoms with van der Waals surface area (Å²) in [6.07, 6.45) is 3.76. The lowest BCUT2D eigenvalue weighted by atomic mass is 10.2. The zero-order chi connectivity index (χ0) is 18.5. The maximum Gasteiger partial charge on any atom is 0.287 e. The summed E-state index contributed by atoms with van der Waals surface area (Å²) in [6.45, 7) is 2.43. The van der Waals surface area contributed by atoms with Crippen molar-refractivity contribution in [1.29, 1.82) is 0 Å². The molecular weight excluding hydrogens is 334 g/mol. The van der Waals surface area contributed by atoms with E-state index in [9.17, 15) is 9.59 Å². The molecule has 0 saturated carbocycles. The van der Waals surface area contributed by atoms with Crippen LogP contribution in [0, 0.1) is 0 Å². The van der Waals surface area contributed by atoms with Gasteiger partial charge < -0.3 is 20.3 Å². The van der Waals surface area contributed by atoms with Gasteiger partial charge in [0.25, 0.3) is 11.8 Å². The van der Waals surface area contributed by atoms with Gasteiger partial charge in [-0.3, -0.25) is 14.0 Å². The van der Waals surface area contributed by atoms with Crippen LogP contribution in [0.2, 0.25) is 0 Å². The van der Waals surface area contributed by atoms with E-state index < -0.39 is 0 Å². The fourth-order valence-electron chi connectivity index (χ4n) is 2.93. The number of nitrogens with zero attached hydrogens (tertiary/aromatic N) is 3. The van der Waals surface area contributed by atoms with Crippen molar-refractivity contribution in [3.05, 3.63) is 35.9 Å². The molecule has 2 amide bonds. The molecule has 0 aliphatic carbocycles. The molecule has 1 fully saturated rings. The molecular formula is C18H25N5O3. The Bertz CT molecular complexity index is 780. The fraction of sp³-hybridized carbons (Fsp3) is 0.500. The van der Waals surface area contributed by atoms with Gasteiger partial charge in [-0.25, -0.2) is 4.98 Å². The third-order valence-corrected chi connectivity index (χ3v) is 4.33. The number of hydrogen-bond acceptors (Lipinski definition) is 5. The van der Waals surface area contributed by atoms with Crippen LogP contribution >= 0.6 is 0 Å². The first-order valence-corrected chi connectivity index (χ1v) is 8.86. The van der Waals surface area contributed by atoms with Gasteiger partial charge in [0.1, 0.15) is 0 Å². The molecule has 0 aromatic carbocycles. The molecule has 2 N–H and O–H groups in total. The molecule has 3 heterocycles. The van der Waals surface area contributed by atoms with Crippen molar-refractivity contribution in [2.24, 2.45) is 0 Å². The molecule has 8 nitrogen and oxygen atoms in total. The highest BCUT2D eigenvalue weighted by Crippen LogP contribution is 2.14. The number of imidazole rings is 1. The molecule has 0 bridgehead atoms. The highest BCUT2D eigenvalue weighted by Gasteiger charge is 2.22. The van der Waals surface area contributed by atoms with Gasteiger partial charge in [-0.2, -0.15) is 0 Å². The van der Waals surface area contributed by atoms with E-state index >= 15 is 0 Å². The number of nitrogens with one attached hydrogen (secondary N) is 2. The number of carbonyl (C=O) groups is 2. The van der Waals surface area contributed by atoms with Crippen LogP contribution in [0.3, 0.4) is 0 Å². The summed E-state index contributed by atoms with van der Waals surface area (Å²) >= 11 is 0. The average molecular weight is 359 g/mol. The minimum Gasteiger partial charge on any atom is -0.376 e. The molecule has 1 unspecified atom stereocenters. The lowest BCUT2D eigenvalue weighted by Crippen LogP contribution is -2.33. The first-order chi connectivity index (χ1) is 12.6. The molecule has 1 atom stereocenters. The predicted molar refractivity (Wildman–Crippen MR) is 97.4 cm³/mol. The van der Waals surface area contributed by atoms with Crippen LogP contribution < -0.4 is 10.6 Å². The van der Waals surface area contributed by atoms with Gasteiger partial charge in [0.15, 0.2) is 5.69 Å². The van der Waals surface area contributed by atoms with Crippen LogP contribution in [-0.2, 0) is 4.74 Å². The number of amides is 2. The third kappa shape index (κ3) is 4.20. The van der Waals surface area contributed by atoms with Crippen LogP contribution in [0.5, 0.6) is 0 Å². The number of aromatic nitrogens is 2. The Morgan fingerprint density at radius 3 is 2.88 bits per heavy atom. The highest BCUT2D eigenvalue weighted by molar-refractivity contribution is 6.02. The summed E-state index contributed by atoms with van der Waals surface area (Å²) in [5.41, 5.74) is 0.865. The van der Waals surface area contributed by atoms with Crippen molar-refractivity contribution in [2.45, 2.75) is 18.9 Å². The van der Waals surface area contributed by atoms with Gasteiger partial charge in [0, 0.05) is 32.4 Å². The van der Waals surface area contributed by atoms with Gasteiger partial charge in [-0.15, -0.1) is 0 Å².